The third kappa shape index (κ3) is 5.37. The van der Waals surface area contributed by atoms with Gasteiger partial charge in [0.1, 0.15) is 23.6 Å². The van der Waals surface area contributed by atoms with Crippen molar-refractivity contribution in [1.29, 1.82) is 0 Å². The number of carbonyl (C=O) groups excluding carboxylic acids is 1. The molecule has 0 radical (unpaired) electrons. The van der Waals surface area contributed by atoms with Crippen molar-refractivity contribution in [3.8, 4) is 5.75 Å². The van der Waals surface area contributed by atoms with E-state index in [0.29, 0.717) is 27.4 Å². The van der Waals surface area contributed by atoms with Crippen LogP contribution < -0.4 is 26.6 Å². The number of nitrogen functional groups attached to an aromatic ring is 1. The SMILES string of the molecule is Cc1cccnc1Nc1ncnc(NNC(=O)COc2ccc(Cl)cc2Cl)c1N. The number of rotatable bonds is 7. The summed E-state index contributed by atoms with van der Waals surface area (Å²) in [4.78, 5) is 24.4. The molecule has 3 aromatic rings. The molecule has 0 aliphatic carbocycles. The van der Waals surface area contributed by atoms with Crippen LogP contribution >= 0.6 is 23.2 Å². The molecule has 1 aromatic carbocycles. The second kappa shape index (κ2) is 9.26. The Morgan fingerprint density at radius 3 is 2.69 bits per heavy atom. The Kier molecular flexibility index (Phi) is 6.53. The summed E-state index contributed by atoms with van der Waals surface area (Å²) in [6.07, 6.45) is 2.95. The largest absolute Gasteiger partial charge is 0.482 e. The Morgan fingerprint density at radius 1 is 1.14 bits per heavy atom. The number of nitrogens with two attached hydrogens (primary N) is 1. The number of hydrogen-bond donors (Lipinski definition) is 4. The molecule has 0 unspecified atom stereocenters. The maximum Gasteiger partial charge on any atom is 0.276 e. The maximum absolute atomic E-state index is 12.0. The van der Waals surface area contributed by atoms with Gasteiger partial charge < -0.3 is 15.8 Å². The van der Waals surface area contributed by atoms with Crippen molar-refractivity contribution < 1.29 is 9.53 Å². The topological polar surface area (TPSA) is 127 Å². The zero-order valence-electron chi connectivity index (χ0n) is 15.2. The predicted molar refractivity (Wildman–Crippen MR) is 112 cm³/mol. The Hall–Kier alpha value is -3.30. The third-order valence-corrected chi connectivity index (χ3v) is 4.23. The maximum atomic E-state index is 12.0. The zero-order chi connectivity index (χ0) is 20.8. The molecule has 3 rings (SSSR count). The van der Waals surface area contributed by atoms with Crippen molar-refractivity contribution in [2.24, 2.45) is 0 Å². The number of anilines is 4. The van der Waals surface area contributed by atoms with Crippen LogP contribution in [0.2, 0.25) is 10.0 Å². The van der Waals surface area contributed by atoms with Gasteiger partial charge in [0.05, 0.1) is 5.02 Å². The molecule has 2 heterocycles. The smallest absolute Gasteiger partial charge is 0.276 e. The average molecular weight is 434 g/mol. The molecule has 150 valence electrons. The van der Waals surface area contributed by atoms with E-state index in [9.17, 15) is 4.79 Å². The third-order valence-electron chi connectivity index (χ3n) is 3.70. The fraction of sp³-hybridized carbons (Fsp3) is 0.111. The van der Waals surface area contributed by atoms with Crippen LogP contribution in [0.4, 0.5) is 23.1 Å². The summed E-state index contributed by atoms with van der Waals surface area (Å²) in [5.41, 5.74) is 12.3. The number of hydrogen-bond acceptors (Lipinski definition) is 8. The highest BCUT2D eigenvalue weighted by Crippen LogP contribution is 2.27. The molecule has 0 atom stereocenters. The number of carbonyl (C=O) groups is 1. The highest BCUT2D eigenvalue weighted by Gasteiger charge is 2.11. The fourth-order valence-corrected chi connectivity index (χ4v) is 2.69. The minimum atomic E-state index is -0.468. The van der Waals surface area contributed by atoms with Gasteiger partial charge in [-0.1, -0.05) is 29.3 Å². The monoisotopic (exact) mass is 433 g/mol. The number of ether oxygens (including phenoxy) is 1. The van der Waals surface area contributed by atoms with Crippen LogP contribution in [0.5, 0.6) is 5.75 Å². The molecule has 0 saturated carbocycles. The molecule has 5 N–H and O–H groups in total. The van der Waals surface area contributed by atoms with Crippen LogP contribution in [0, 0.1) is 6.92 Å². The number of aromatic nitrogens is 3. The van der Waals surface area contributed by atoms with Crippen molar-refractivity contribution in [2.45, 2.75) is 6.92 Å². The standard InChI is InChI=1S/C18H17Cl2N7O2/c1-10-3-2-6-22-16(10)25-17-15(21)18(24-9-23-17)27-26-14(28)8-29-13-5-4-11(19)7-12(13)20/h2-7,9H,8,21H2,1H3,(H,26,28)(H2,22,23,24,25,27). The van der Waals surface area contributed by atoms with Crippen molar-refractivity contribution in [3.05, 3.63) is 58.5 Å². The summed E-state index contributed by atoms with van der Waals surface area (Å²) in [7, 11) is 0. The second-order valence-electron chi connectivity index (χ2n) is 5.82. The van der Waals surface area contributed by atoms with E-state index in [2.05, 4.69) is 31.1 Å². The first-order valence-electron chi connectivity index (χ1n) is 8.36. The fourth-order valence-electron chi connectivity index (χ4n) is 2.22. The Bertz CT molecular complexity index is 1030. The van der Waals surface area contributed by atoms with Gasteiger partial charge in [0.2, 0.25) is 0 Å². The first-order chi connectivity index (χ1) is 13.9. The minimum Gasteiger partial charge on any atom is -0.482 e. The van der Waals surface area contributed by atoms with Crippen LogP contribution in [-0.4, -0.2) is 27.5 Å². The lowest BCUT2D eigenvalue weighted by atomic mass is 10.3. The van der Waals surface area contributed by atoms with Gasteiger partial charge in [-0.05, 0) is 36.8 Å². The molecule has 11 heteroatoms. The van der Waals surface area contributed by atoms with E-state index in [0.717, 1.165) is 5.56 Å². The highest BCUT2D eigenvalue weighted by molar-refractivity contribution is 6.35. The molecule has 0 fully saturated rings. The Labute approximate surface area is 176 Å². The Balaban J connectivity index is 1.59. The molecule has 0 bridgehead atoms. The summed E-state index contributed by atoms with van der Waals surface area (Å²) >= 11 is 11.8. The van der Waals surface area contributed by atoms with E-state index in [4.69, 9.17) is 33.7 Å². The number of halogens is 2. The molecule has 29 heavy (non-hydrogen) atoms. The van der Waals surface area contributed by atoms with Gasteiger partial charge in [0.15, 0.2) is 18.2 Å². The van der Waals surface area contributed by atoms with Crippen LogP contribution in [0.3, 0.4) is 0 Å². The normalized spacial score (nSPS) is 10.3. The molecular weight excluding hydrogens is 417 g/mol. The van der Waals surface area contributed by atoms with E-state index in [1.807, 2.05) is 19.1 Å². The molecule has 0 aliphatic rings. The van der Waals surface area contributed by atoms with Crippen molar-refractivity contribution in [3.63, 3.8) is 0 Å². The lowest BCUT2D eigenvalue weighted by Crippen LogP contribution is -2.34. The van der Waals surface area contributed by atoms with Crippen LogP contribution in [0.25, 0.3) is 0 Å². The quantitative estimate of drug-likeness (QED) is 0.417. The summed E-state index contributed by atoms with van der Waals surface area (Å²) in [5, 5.41) is 3.81. The first-order valence-corrected chi connectivity index (χ1v) is 9.11. The lowest BCUT2D eigenvalue weighted by molar-refractivity contribution is -0.122. The van der Waals surface area contributed by atoms with Gasteiger partial charge in [-0.25, -0.2) is 15.0 Å². The predicted octanol–water partition coefficient (Wildman–Crippen LogP) is 3.33. The van der Waals surface area contributed by atoms with Gasteiger partial charge in [-0.3, -0.25) is 15.6 Å². The van der Waals surface area contributed by atoms with Crippen LogP contribution in [-0.2, 0) is 4.79 Å². The second-order valence-corrected chi connectivity index (χ2v) is 6.66. The van der Waals surface area contributed by atoms with E-state index in [1.54, 1.807) is 18.3 Å². The Morgan fingerprint density at radius 2 is 1.93 bits per heavy atom. The van der Waals surface area contributed by atoms with E-state index in [1.165, 1.54) is 12.4 Å². The van der Waals surface area contributed by atoms with Crippen molar-refractivity contribution in [1.82, 2.24) is 20.4 Å². The molecular formula is C18H17Cl2N7O2. The van der Waals surface area contributed by atoms with Gasteiger partial charge >= 0.3 is 0 Å². The van der Waals surface area contributed by atoms with Crippen molar-refractivity contribution in [2.75, 3.05) is 23.1 Å². The van der Waals surface area contributed by atoms with E-state index >= 15 is 0 Å². The number of amides is 1. The van der Waals surface area contributed by atoms with Gasteiger partial charge in [-0.2, -0.15) is 0 Å². The number of nitrogens with zero attached hydrogens (tertiary/aromatic N) is 3. The summed E-state index contributed by atoms with van der Waals surface area (Å²) in [6, 6.07) is 8.43. The molecule has 0 aliphatic heterocycles. The lowest BCUT2D eigenvalue weighted by Gasteiger charge is -2.14. The minimum absolute atomic E-state index is 0.208. The van der Waals surface area contributed by atoms with Crippen LogP contribution in [0.1, 0.15) is 5.56 Å². The van der Waals surface area contributed by atoms with E-state index in [-0.39, 0.29) is 18.1 Å². The van der Waals surface area contributed by atoms with Crippen molar-refractivity contribution >= 4 is 52.3 Å². The zero-order valence-corrected chi connectivity index (χ0v) is 16.8. The number of aryl methyl sites for hydroxylation is 1. The molecule has 1 amide bonds. The van der Waals surface area contributed by atoms with Gasteiger partial charge in [0, 0.05) is 11.2 Å². The number of pyridine rings is 1. The van der Waals surface area contributed by atoms with Gasteiger partial charge in [0.25, 0.3) is 5.91 Å². The van der Waals surface area contributed by atoms with Crippen LogP contribution in [0.15, 0.2) is 42.9 Å². The molecule has 2 aromatic heterocycles. The van der Waals surface area contributed by atoms with E-state index < -0.39 is 5.91 Å². The summed E-state index contributed by atoms with van der Waals surface area (Å²) < 4.78 is 5.36. The molecule has 0 spiro atoms. The first kappa shape index (κ1) is 20.4. The average Bonchev–Trinajstić information content (AvgIpc) is 2.69. The summed E-state index contributed by atoms with van der Waals surface area (Å²) in [6.45, 7) is 1.62. The molecule has 0 saturated heterocycles. The summed E-state index contributed by atoms with van der Waals surface area (Å²) in [5.74, 6) is 1.05. The van der Waals surface area contributed by atoms with Gasteiger partial charge in [-0.15, -0.1) is 0 Å². The number of nitrogens with one attached hydrogen (secondary N) is 3. The molecule has 9 nitrogen and oxygen atoms in total. The number of hydrazine groups is 1. The highest BCUT2D eigenvalue weighted by atomic mass is 35.5. The number of benzene rings is 1.